The molecule has 0 unspecified atom stereocenters. The van der Waals surface area contributed by atoms with Crippen molar-refractivity contribution in [1.29, 1.82) is 0 Å². The smallest absolute Gasteiger partial charge is 0.227 e. The minimum Gasteiger partial charge on any atom is -0.497 e. The number of carbonyl (C=O) groups excluding carboxylic acids is 2. The molecule has 0 radical (unpaired) electrons. The minimum absolute atomic E-state index is 0.0183. The number of methoxy groups -OCH3 is 1. The number of Topliss-reactive ketones (excluding diaryl/α,β-unsaturated/α-hetero) is 1. The summed E-state index contributed by atoms with van der Waals surface area (Å²) in [5.41, 5.74) is 4.73. The van der Waals surface area contributed by atoms with Crippen molar-refractivity contribution < 1.29 is 14.3 Å². The van der Waals surface area contributed by atoms with Gasteiger partial charge in [-0.3, -0.25) is 19.0 Å². The Labute approximate surface area is 175 Å². The summed E-state index contributed by atoms with van der Waals surface area (Å²) in [5.74, 6) is 1.24. The number of nitrogens with one attached hydrogen (secondary N) is 1. The van der Waals surface area contributed by atoms with Gasteiger partial charge in [0.25, 0.3) is 0 Å². The molecule has 1 N–H and O–H groups in total. The van der Waals surface area contributed by atoms with Gasteiger partial charge in [-0.1, -0.05) is 12.1 Å². The number of ether oxygens (including phenoxy) is 1. The van der Waals surface area contributed by atoms with E-state index in [1.807, 2.05) is 38.1 Å². The number of rotatable bonds is 7. The van der Waals surface area contributed by atoms with Crippen molar-refractivity contribution in [3.63, 3.8) is 0 Å². The summed E-state index contributed by atoms with van der Waals surface area (Å²) in [5, 5.41) is 11.8. The summed E-state index contributed by atoms with van der Waals surface area (Å²) < 4.78 is 8.61. The molecule has 30 heavy (non-hydrogen) atoms. The van der Waals surface area contributed by atoms with Gasteiger partial charge < -0.3 is 10.1 Å². The van der Waals surface area contributed by atoms with Gasteiger partial charge in [0.2, 0.25) is 5.91 Å². The van der Waals surface area contributed by atoms with Gasteiger partial charge in [0.05, 0.1) is 24.1 Å². The molecule has 3 rings (SSSR count). The lowest BCUT2D eigenvalue weighted by atomic mass is 10.1. The monoisotopic (exact) mass is 409 g/mol. The van der Waals surface area contributed by atoms with Crippen LogP contribution in [0.1, 0.15) is 40.8 Å². The number of carbonyl (C=O) groups is 2. The standard InChI is InChI=1S/C22H27N5O3/c1-13-20(16(4)28)15(3)27(25-13)12-11-19(29)23-22-21(14(2)24-26(22)5)17-7-9-18(30-6)10-8-17/h7-10H,11-12H2,1-6H3,(H,23,29). The molecule has 0 aliphatic heterocycles. The van der Waals surface area contributed by atoms with Crippen LogP contribution in [0.3, 0.4) is 0 Å². The molecule has 0 atom stereocenters. The molecular formula is C22H27N5O3. The topological polar surface area (TPSA) is 91.0 Å². The third-order valence-corrected chi connectivity index (χ3v) is 5.14. The molecule has 158 valence electrons. The zero-order valence-corrected chi connectivity index (χ0v) is 18.2. The average Bonchev–Trinajstić information content (AvgIpc) is 3.14. The Balaban J connectivity index is 1.77. The van der Waals surface area contributed by atoms with E-state index in [1.165, 1.54) is 6.92 Å². The largest absolute Gasteiger partial charge is 0.497 e. The SMILES string of the molecule is COc1ccc(-c2c(C)nn(C)c2NC(=O)CCn2nc(C)c(C(C)=O)c2C)cc1. The summed E-state index contributed by atoms with van der Waals surface area (Å²) in [6.07, 6.45) is 0.228. The van der Waals surface area contributed by atoms with E-state index in [2.05, 4.69) is 15.5 Å². The van der Waals surface area contributed by atoms with Crippen molar-refractivity contribution >= 4 is 17.5 Å². The van der Waals surface area contributed by atoms with Crippen molar-refractivity contribution in [1.82, 2.24) is 19.6 Å². The number of aromatic nitrogens is 4. The van der Waals surface area contributed by atoms with Crippen molar-refractivity contribution in [3.8, 4) is 16.9 Å². The molecule has 0 spiro atoms. The summed E-state index contributed by atoms with van der Waals surface area (Å²) in [4.78, 5) is 24.5. The summed E-state index contributed by atoms with van der Waals surface area (Å²) in [7, 11) is 3.42. The molecule has 2 heterocycles. The molecule has 0 saturated carbocycles. The van der Waals surface area contributed by atoms with Gasteiger partial charge in [0, 0.05) is 31.3 Å². The summed E-state index contributed by atoms with van der Waals surface area (Å²) >= 11 is 0. The molecule has 8 heteroatoms. The highest BCUT2D eigenvalue weighted by Crippen LogP contribution is 2.32. The molecule has 0 aliphatic carbocycles. The number of aryl methyl sites for hydroxylation is 4. The predicted octanol–water partition coefficient (Wildman–Crippen LogP) is 3.45. The highest BCUT2D eigenvalue weighted by molar-refractivity contribution is 5.96. The fourth-order valence-electron chi connectivity index (χ4n) is 3.73. The van der Waals surface area contributed by atoms with Gasteiger partial charge >= 0.3 is 0 Å². The fourth-order valence-corrected chi connectivity index (χ4v) is 3.73. The fraction of sp³-hybridized carbons (Fsp3) is 0.364. The second-order valence-electron chi connectivity index (χ2n) is 7.28. The van der Waals surface area contributed by atoms with E-state index in [0.29, 0.717) is 23.6 Å². The van der Waals surface area contributed by atoms with Gasteiger partial charge in [0.15, 0.2) is 5.78 Å². The number of anilines is 1. The molecule has 2 aromatic heterocycles. The van der Waals surface area contributed by atoms with E-state index >= 15 is 0 Å². The Kier molecular flexibility index (Phi) is 6.05. The Morgan fingerprint density at radius 3 is 2.30 bits per heavy atom. The second-order valence-corrected chi connectivity index (χ2v) is 7.28. The molecule has 3 aromatic rings. The third kappa shape index (κ3) is 4.12. The second kappa shape index (κ2) is 8.52. The van der Waals surface area contributed by atoms with Crippen LogP contribution >= 0.6 is 0 Å². The van der Waals surface area contributed by atoms with E-state index in [1.54, 1.807) is 30.4 Å². The number of benzene rings is 1. The molecule has 0 fully saturated rings. The first-order chi connectivity index (χ1) is 14.2. The third-order valence-electron chi connectivity index (χ3n) is 5.14. The number of amides is 1. The van der Waals surface area contributed by atoms with E-state index in [9.17, 15) is 9.59 Å². The van der Waals surface area contributed by atoms with Gasteiger partial charge in [0.1, 0.15) is 11.6 Å². The van der Waals surface area contributed by atoms with Gasteiger partial charge in [-0.15, -0.1) is 0 Å². The number of nitrogens with zero attached hydrogens (tertiary/aromatic N) is 4. The van der Waals surface area contributed by atoms with Crippen LogP contribution < -0.4 is 10.1 Å². The van der Waals surface area contributed by atoms with E-state index < -0.39 is 0 Å². The number of ketones is 1. The zero-order chi connectivity index (χ0) is 22.0. The molecule has 0 bridgehead atoms. The number of hydrogen-bond donors (Lipinski definition) is 1. The zero-order valence-electron chi connectivity index (χ0n) is 18.2. The van der Waals surface area contributed by atoms with Crippen molar-refractivity contribution in [2.75, 3.05) is 12.4 Å². The highest BCUT2D eigenvalue weighted by Gasteiger charge is 2.19. The average molecular weight is 409 g/mol. The first-order valence-electron chi connectivity index (χ1n) is 9.75. The Hall–Kier alpha value is -3.42. The van der Waals surface area contributed by atoms with Crippen LogP contribution in [0.5, 0.6) is 5.75 Å². The first-order valence-corrected chi connectivity index (χ1v) is 9.75. The maximum Gasteiger partial charge on any atom is 0.227 e. The van der Waals surface area contributed by atoms with Crippen LogP contribution in [0.25, 0.3) is 11.1 Å². The van der Waals surface area contributed by atoms with E-state index in [4.69, 9.17) is 4.74 Å². The lowest BCUT2D eigenvalue weighted by molar-refractivity contribution is -0.116. The maximum atomic E-state index is 12.7. The molecular weight excluding hydrogens is 382 g/mol. The van der Waals surface area contributed by atoms with Crippen LogP contribution in [0.15, 0.2) is 24.3 Å². The minimum atomic E-state index is -0.148. The molecule has 0 saturated heterocycles. The molecule has 0 aliphatic rings. The summed E-state index contributed by atoms with van der Waals surface area (Å²) in [6.45, 7) is 7.48. The quantitative estimate of drug-likeness (QED) is 0.604. The van der Waals surface area contributed by atoms with Gasteiger partial charge in [-0.2, -0.15) is 10.2 Å². The maximum absolute atomic E-state index is 12.7. The van der Waals surface area contributed by atoms with Gasteiger partial charge in [-0.25, -0.2) is 0 Å². The van der Waals surface area contributed by atoms with Crippen molar-refractivity contribution in [2.45, 2.75) is 40.7 Å². The van der Waals surface area contributed by atoms with Crippen LogP contribution in [-0.4, -0.2) is 38.4 Å². The van der Waals surface area contributed by atoms with Crippen molar-refractivity contribution in [2.24, 2.45) is 7.05 Å². The normalized spacial score (nSPS) is 10.9. The Morgan fingerprint density at radius 2 is 1.73 bits per heavy atom. The summed E-state index contributed by atoms with van der Waals surface area (Å²) in [6, 6.07) is 7.64. The van der Waals surface area contributed by atoms with Crippen LogP contribution in [0, 0.1) is 20.8 Å². The lowest BCUT2D eigenvalue weighted by Crippen LogP contribution is -2.18. The molecule has 8 nitrogen and oxygen atoms in total. The molecule has 1 amide bonds. The van der Waals surface area contributed by atoms with Gasteiger partial charge in [-0.05, 0) is 45.4 Å². The lowest BCUT2D eigenvalue weighted by Gasteiger charge is -2.10. The Bertz CT molecular complexity index is 1090. The van der Waals surface area contributed by atoms with E-state index in [-0.39, 0.29) is 18.1 Å². The highest BCUT2D eigenvalue weighted by atomic mass is 16.5. The first kappa shape index (κ1) is 21.3. The Morgan fingerprint density at radius 1 is 1.07 bits per heavy atom. The number of hydrogen-bond acceptors (Lipinski definition) is 5. The van der Waals surface area contributed by atoms with E-state index in [0.717, 1.165) is 28.3 Å². The van der Waals surface area contributed by atoms with Crippen LogP contribution in [0.4, 0.5) is 5.82 Å². The molecule has 1 aromatic carbocycles. The predicted molar refractivity (Wildman–Crippen MR) is 115 cm³/mol. The van der Waals surface area contributed by atoms with Crippen molar-refractivity contribution in [3.05, 3.63) is 46.9 Å². The van der Waals surface area contributed by atoms with Crippen LogP contribution in [0.2, 0.25) is 0 Å². The van der Waals surface area contributed by atoms with Crippen LogP contribution in [-0.2, 0) is 18.4 Å².